The number of para-hydroxylation sites is 1. The van der Waals surface area contributed by atoms with Crippen molar-refractivity contribution in [2.75, 3.05) is 11.9 Å². The first kappa shape index (κ1) is 16.9. The molecule has 0 radical (unpaired) electrons. The number of benzene rings is 2. The van der Waals surface area contributed by atoms with Crippen LogP contribution in [0.2, 0.25) is 0 Å². The third-order valence-electron chi connectivity index (χ3n) is 4.26. The van der Waals surface area contributed by atoms with Crippen molar-refractivity contribution in [2.24, 2.45) is 0 Å². The predicted octanol–water partition coefficient (Wildman–Crippen LogP) is 4.59. The summed E-state index contributed by atoms with van der Waals surface area (Å²) in [6.45, 7) is 3.03. The summed E-state index contributed by atoms with van der Waals surface area (Å²) in [4.78, 5) is 24.2. The minimum Gasteiger partial charge on any atom is -0.466 e. The lowest BCUT2D eigenvalue weighted by molar-refractivity contribution is -0.119. The van der Waals surface area contributed by atoms with E-state index in [1.165, 1.54) is 0 Å². The Balaban J connectivity index is 1.45. The first-order chi connectivity index (χ1) is 13.0. The Bertz CT molecular complexity index is 1170. The Kier molecular flexibility index (Phi) is 4.16. The van der Waals surface area contributed by atoms with Crippen LogP contribution in [0.25, 0.3) is 21.9 Å². The predicted molar refractivity (Wildman–Crippen MR) is 101 cm³/mol. The Morgan fingerprint density at radius 1 is 0.963 bits per heavy atom. The van der Waals surface area contributed by atoms with E-state index in [4.69, 9.17) is 13.6 Å². The highest BCUT2D eigenvalue weighted by molar-refractivity contribution is 6.07. The second kappa shape index (κ2) is 6.64. The van der Waals surface area contributed by atoms with Gasteiger partial charge in [0.1, 0.15) is 28.2 Å². The summed E-state index contributed by atoms with van der Waals surface area (Å²) in [5, 5.41) is 4.61. The van der Waals surface area contributed by atoms with Gasteiger partial charge in [0, 0.05) is 16.5 Å². The fourth-order valence-corrected chi connectivity index (χ4v) is 3.04. The van der Waals surface area contributed by atoms with Gasteiger partial charge < -0.3 is 18.9 Å². The summed E-state index contributed by atoms with van der Waals surface area (Å²) in [7, 11) is 0. The van der Waals surface area contributed by atoms with Crippen LogP contribution in [0.15, 0.2) is 57.4 Å². The summed E-state index contributed by atoms with van der Waals surface area (Å²) in [6, 6.07) is 14.7. The second-order valence-corrected chi connectivity index (χ2v) is 6.26. The number of ether oxygens (including phenoxy) is 1. The van der Waals surface area contributed by atoms with E-state index >= 15 is 0 Å². The molecule has 4 aromatic rings. The molecule has 0 unspecified atom stereocenters. The minimum atomic E-state index is -0.587. The molecule has 0 aliphatic rings. The topological polar surface area (TPSA) is 81.7 Å². The number of hydrogen-bond acceptors (Lipinski definition) is 5. The maximum Gasteiger partial charge on any atom is 0.342 e. The van der Waals surface area contributed by atoms with Gasteiger partial charge >= 0.3 is 5.97 Å². The van der Waals surface area contributed by atoms with Crippen LogP contribution >= 0.6 is 0 Å². The highest BCUT2D eigenvalue weighted by Gasteiger charge is 2.16. The van der Waals surface area contributed by atoms with Gasteiger partial charge in [-0.3, -0.25) is 4.79 Å². The van der Waals surface area contributed by atoms with Gasteiger partial charge in [-0.2, -0.15) is 0 Å². The van der Waals surface area contributed by atoms with E-state index in [1.54, 1.807) is 32.0 Å². The number of amides is 1. The highest BCUT2D eigenvalue weighted by Crippen LogP contribution is 2.30. The zero-order chi connectivity index (χ0) is 19.0. The van der Waals surface area contributed by atoms with E-state index in [2.05, 4.69) is 5.32 Å². The molecule has 2 heterocycles. The molecule has 2 aromatic heterocycles. The van der Waals surface area contributed by atoms with Gasteiger partial charge in [0.2, 0.25) is 0 Å². The molecule has 0 saturated carbocycles. The Hall–Kier alpha value is -3.54. The highest BCUT2D eigenvalue weighted by atomic mass is 16.5. The molecule has 0 aliphatic heterocycles. The molecule has 0 fully saturated rings. The minimum absolute atomic E-state index is 0.326. The molecule has 27 heavy (non-hydrogen) atoms. The van der Waals surface area contributed by atoms with Crippen LogP contribution in [0.4, 0.5) is 5.69 Å². The van der Waals surface area contributed by atoms with Crippen molar-refractivity contribution >= 4 is 39.5 Å². The maximum absolute atomic E-state index is 12.1. The van der Waals surface area contributed by atoms with E-state index in [0.717, 1.165) is 21.9 Å². The molecule has 0 saturated heterocycles. The number of carbonyl (C=O) groups is 2. The average molecular weight is 363 g/mol. The smallest absolute Gasteiger partial charge is 0.342 e. The molecule has 136 valence electrons. The van der Waals surface area contributed by atoms with Crippen molar-refractivity contribution in [1.82, 2.24) is 0 Å². The van der Waals surface area contributed by atoms with Crippen molar-refractivity contribution in [2.45, 2.75) is 13.8 Å². The quantitative estimate of drug-likeness (QED) is 0.536. The molecule has 6 heteroatoms. The summed E-state index contributed by atoms with van der Waals surface area (Å²) >= 11 is 0. The summed E-state index contributed by atoms with van der Waals surface area (Å²) in [6.07, 6.45) is 0. The lowest BCUT2D eigenvalue weighted by Crippen LogP contribution is -2.21. The number of furan rings is 2. The fraction of sp³-hybridized carbons (Fsp3) is 0.143. The molecule has 6 nitrogen and oxygen atoms in total. The molecule has 1 N–H and O–H groups in total. The van der Waals surface area contributed by atoms with E-state index in [1.807, 2.05) is 30.3 Å². The molecule has 0 spiro atoms. The van der Waals surface area contributed by atoms with Crippen LogP contribution in [0.3, 0.4) is 0 Å². The lowest BCUT2D eigenvalue weighted by atomic mass is 10.1. The van der Waals surface area contributed by atoms with Gasteiger partial charge in [0.25, 0.3) is 5.91 Å². The van der Waals surface area contributed by atoms with Gasteiger partial charge in [0.15, 0.2) is 6.61 Å². The summed E-state index contributed by atoms with van der Waals surface area (Å²) < 4.78 is 16.1. The van der Waals surface area contributed by atoms with Crippen molar-refractivity contribution < 1.29 is 23.2 Å². The van der Waals surface area contributed by atoms with E-state index in [-0.39, 0.29) is 6.61 Å². The third-order valence-corrected chi connectivity index (χ3v) is 4.26. The molecule has 4 rings (SSSR count). The molecule has 2 aromatic carbocycles. The largest absolute Gasteiger partial charge is 0.466 e. The third kappa shape index (κ3) is 3.29. The number of hydrogen-bond donors (Lipinski definition) is 1. The van der Waals surface area contributed by atoms with Gasteiger partial charge in [-0.25, -0.2) is 4.79 Å². The van der Waals surface area contributed by atoms with Gasteiger partial charge in [-0.05, 0) is 44.2 Å². The second-order valence-electron chi connectivity index (χ2n) is 6.26. The van der Waals surface area contributed by atoms with E-state index < -0.39 is 11.9 Å². The first-order valence-electron chi connectivity index (χ1n) is 8.46. The number of nitrogens with one attached hydrogen (secondary N) is 1. The van der Waals surface area contributed by atoms with Crippen molar-refractivity contribution in [3.63, 3.8) is 0 Å². The van der Waals surface area contributed by atoms with E-state index in [9.17, 15) is 9.59 Å². The van der Waals surface area contributed by atoms with Crippen LogP contribution in [0.5, 0.6) is 0 Å². The van der Waals surface area contributed by atoms with Crippen molar-refractivity contribution in [1.29, 1.82) is 0 Å². The number of esters is 1. The average Bonchev–Trinajstić information content (AvgIpc) is 3.19. The van der Waals surface area contributed by atoms with Gasteiger partial charge in [0.05, 0.1) is 0 Å². The van der Waals surface area contributed by atoms with Crippen LogP contribution < -0.4 is 5.32 Å². The Morgan fingerprint density at radius 2 is 1.74 bits per heavy atom. The zero-order valence-corrected chi connectivity index (χ0v) is 14.9. The van der Waals surface area contributed by atoms with Crippen LogP contribution in [-0.2, 0) is 9.53 Å². The standard InChI is InChI=1S/C21H17NO5/c1-12-9-16(13(2)26-12)21(24)25-11-20(23)22-14-7-8-19-17(10-14)15-5-3-4-6-18(15)27-19/h3-10H,11H2,1-2H3,(H,22,23). The van der Waals surface area contributed by atoms with Crippen LogP contribution in [0, 0.1) is 13.8 Å². The first-order valence-corrected chi connectivity index (χ1v) is 8.46. The molecular weight excluding hydrogens is 346 g/mol. The molecule has 1 amide bonds. The van der Waals surface area contributed by atoms with Gasteiger partial charge in [-0.15, -0.1) is 0 Å². The Labute approximate surface area is 154 Å². The summed E-state index contributed by atoms with van der Waals surface area (Å²) in [5.74, 6) is 0.0730. The van der Waals surface area contributed by atoms with Crippen LogP contribution in [0.1, 0.15) is 21.9 Å². The molecule has 0 aliphatic carbocycles. The molecular formula is C21H17NO5. The van der Waals surface area contributed by atoms with Crippen molar-refractivity contribution in [3.8, 4) is 0 Å². The van der Waals surface area contributed by atoms with Gasteiger partial charge in [-0.1, -0.05) is 18.2 Å². The number of rotatable bonds is 4. The SMILES string of the molecule is Cc1cc(C(=O)OCC(=O)Nc2ccc3oc4ccccc4c3c2)c(C)o1. The molecule has 0 atom stereocenters. The normalized spacial score (nSPS) is 11.0. The molecule has 0 bridgehead atoms. The van der Waals surface area contributed by atoms with Crippen LogP contribution in [-0.4, -0.2) is 18.5 Å². The number of aryl methyl sites for hydroxylation is 2. The monoisotopic (exact) mass is 363 g/mol. The summed E-state index contributed by atoms with van der Waals surface area (Å²) in [5.41, 5.74) is 2.46. The zero-order valence-electron chi connectivity index (χ0n) is 14.9. The number of fused-ring (bicyclic) bond motifs is 3. The fourth-order valence-electron chi connectivity index (χ4n) is 3.04. The lowest BCUT2D eigenvalue weighted by Gasteiger charge is -2.06. The maximum atomic E-state index is 12.1. The Morgan fingerprint density at radius 3 is 2.52 bits per heavy atom. The number of anilines is 1. The number of carbonyl (C=O) groups excluding carboxylic acids is 2. The van der Waals surface area contributed by atoms with Crippen molar-refractivity contribution in [3.05, 3.63) is 65.6 Å². The van der Waals surface area contributed by atoms with E-state index in [0.29, 0.717) is 22.8 Å².